The lowest BCUT2D eigenvalue weighted by Crippen LogP contribution is -2.26. The molecule has 0 fully saturated rings. The number of halogens is 2. The van der Waals surface area contributed by atoms with Crippen molar-refractivity contribution in [1.29, 1.82) is 0 Å². The molecule has 0 aromatic heterocycles. The maximum Gasteiger partial charge on any atom is 0.142 e. The highest BCUT2D eigenvalue weighted by atomic mass is 35.5. The van der Waals surface area contributed by atoms with Gasteiger partial charge in [0, 0.05) is 6.04 Å². The van der Waals surface area contributed by atoms with E-state index in [1.807, 2.05) is 20.8 Å². The summed E-state index contributed by atoms with van der Waals surface area (Å²) in [6.45, 7) is 6.00. The van der Waals surface area contributed by atoms with Crippen LogP contribution in [0.2, 0.25) is 5.02 Å². The first-order valence-electron chi connectivity index (χ1n) is 4.53. The second kappa shape index (κ2) is 3.87. The average molecular weight is 216 g/mol. The van der Waals surface area contributed by atoms with Crippen molar-refractivity contribution in [1.82, 2.24) is 0 Å². The third kappa shape index (κ3) is 2.25. The number of hydrogen-bond donors (Lipinski definition) is 1. The molecule has 0 amide bonds. The van der Waals surface area contributed by atoms with E-state index in [2.05, 4.69) is 0 Å². The van der Waals surface area contributed by atoms with Gasteiger partial charge in [0.15, 0.2) is 0 Å². The van der Waals surface area contributed by atoms with Crippen molar-refractivity contribution < 1.29 is 4.39 Å². The summed E-state index contributed by atoms with van der Waals surface area (Å²) >= 11 is 5.84. The van der Waals surface area contributed by atoms with Crippen molar-refractivity contribution in [2.45, 2.75) is 26.8 Å². The fourth-order valence-corrected chi connectivity index (χ4v) is 1.47. The maximum absolute atomic E-state index is 13.1. The van der Waals surface area contributed by atoms with Crippen molar-refractivity contribution >= 4 is 11.6 Å². The molecule has 0 aliphatic carbocycles. The first-order chi connectivity index (χ1) is 6.34. The molecular weight excluding hydrogens is 201 g/mol. The summed E-state index contributed by atoms with van der Waals surface area (Å²) in [6.07, 6.45) is 0. The van der Waals surface area contributed by atoms with E-state index in [0.29, 0.717) is 5.56 Å². The van der Waals surface area contributed by atoms with Gasteiger partial charge in [0.25, 0.3) is 0 Å². The fraction of sp³-hybridized carbons (Fsp3) is 0.455. The Kier molecular flexibility index (Phi) is 3.17. The molecule has 0 unspecified atom stereocenters. The van der Waals surface area contributed by atoms with Gasteiger partial charge in [0.05, 0.1) is 5.02 Å². The Labute approximate surface area is 89.1 Å². The highest BCUT2D eigenvalue weighted by molar-refractivity contribution is 6.31. The summed E-state index contributed by atoms with van der Waals surface area (Å²) in [5.41, 5.74) is 6.53. The number of rotatable bonds is 1. The third-order valence-electron chi connectivity index (χ3n) is 2.25. The molecule has 0 heterocycles. The van der Waals surface area contributed by atoms with Gasteiger partial charge in [-0.15, -0.1) is 0 Å². The van der Waals surface area contributed by atoms with Crippen LogP contribution in [0.3, 0.4) is 0 Å². The van der Waals surface area contributed by atoms with Gasteiger partial charge < -0.3 is 5.73 Å². The molecule has 2 N–H and O–H groups in total. The molecule has 78 valence electrons. The zero-order valence-electron chi connectivity index (χ0n) is 8.64. The Morgan fingerprint density at radius 2 is 1.93 bits per heavy atom. The van der Waals surface area contributed by atoms with Crippen molar-refractivity contribution in [3.8, 4) is 0 Å². The largest absolute Gasteiger partial charge is 0.323 e. The van der Waals surface area contributed by atoms with Crippen LogP contribution in [-0.2, 0) is 0 Å². The smallest absolute Gasteiger partial charge is 0.142 e. The summed E-state index contributed by atoms with van der Waals surface area (Å²) in [5.74, 6) is -0.413. The summed E-state index contributed by atoms with van der Waals surface area (Å²) in [6, 6.07) is 4.47. The minimum Gasteiger partial charge on any atom is -0.323 e. The van der Waals surface area contributed by atoms with Crippen molar-refractivity contribution in [2.75, 3.05) is 0 Å². The zero-order valence-corrected chi connectivity index (χ0v) is 9.40. The fourth-order valence-electron chi connectivity index (χ4n) is 1.23. The van der Waals surface area contributed by atoms with Crippen LogP contribution in [-0.4, -0.2) is 0 Å². The lowest BCUT2D eigenvalue weighted by atomic mass is 9.83. The Balaban J connectivity index is 3.14. The molecule has 0 bridgehead atoms. The predicted octanol–water partition coefficient (Wildman–Crippen LogP) is 3.53. The van der Waals surface area contributed by atoms with Gasteiger partial charge in [-0.3, -0.25) is 0 Å². The molecule has 0 aliphatic heterocycles. The topological polar surface area (TPSA) is 26.0 Å². The lowest BCUT2D eigenvalue weighted by molar-refractivity contribution is 0.326. The molecule has 14 heavy (non-hydrogen) atoms. The standard InChI is InChI=1S/C11H15ClFN/c1-11(2,3)10(14)7-5-4-6-8(13)9(7)12/h4-6,10H,14H2,1-3H3/t10-/m0/s1. The quantitative estimate of drug-likeness (QED) is 0.762. The SMILES string of the molecule is CC(C)(C)[C@@H](N)c1cccc(F)c1Cl. The summed E-state index contributed by atoms with van der Waals surface area (Å²) in [4.78, 5) is 0. The van der Waals surface area contributed by atoms with Crippen LogP contribution < -0.4 is 5.73 Å². The van der Waals surface area contributed by atoms with E-state index in [1.54, 1.807) is 12.1 Å². The van der Waals surface area contributed by atoms with Gasteiger partial charge in [-0.05, 0) is 17.0 Å². The monoisotopic (exact) mass is 215 g/mol. The first kappa shape index (κ1) is 11.5. The van der Waals surface area contributed by atoms with Crippen LogP contribution in [0.4, 0.5) is 4.39 Å². The normalized spacial score (nSPS) is 14.1. The average Bonchev–Trinajstić information content (AvgIpc) is 2.07. The van der Waals surface area contributed by atoms with Gasteiger partial charge in [-0.1, -0.05) is 44.5 Å². The van der Waals surface area contributed by atoms with Crippen LogP contribution in [0.25, 0.3) is 0 Å². The highest BCUT2D eigenvalue weighted by Crippen LogP contribution is 2.34. The van der Waals surface area contributed by atoms with E-state index in [-0.39, 0.29) is 16.5 Å². The van der Waals surface area contributed by atoms with Crippen LogP contribution in [0.15, 0.2) is 18.2 Å². The van der Waals surface area contributed by atoms with Crippen molar-refractivity contribution in [3.05, 3.63) is 34.6 Å². The Morgan fingerprint density at radius 1 is 1.36 bits per heavy atom. The second-order valence-electron chi connectivity index (χ2n) is 4.49. The number of nitrogens with two attached hydrogens (primary N) is 1. The van der Waals surface area contributed by atoms with Crippen LogP contribution >= 0.6 is 11.6 Å². The van der Waals surface area contributed by atoms with Crippen LogP contribution in [0.5, 0.6) is 0 Å². The Morgan fingerprint density at radius 3 is 2.43 bits per heavy atom. The van der Waals surface area contributed by atoms with Crippen LogP contribution in [0, 0.1) is 11.2 Å². The van der Waals surface area contributed by atoms with Crippen molar-refractivity contribution in [2.24, 2.45) is 11.1 Å². The van der Waals surface area contributed by atoms with Crippen molar-refractivity contribution in [3.63, 3.8) is 0 Å². The van der Waals surface area contributed by atoms with Crippen LogP contribution in [0.1, 0.15) is 32.4 Å². The van der Waals surface area contributed by atoms with E-state index in [0.717, 1.165) is 0 Å². The number of hydrogen-bond acceptors (Lipinski definition) is 1. The van der Waals surface area contributed by atoms with E-state index in [1.165, 1.54) is 6.07 Å². The summed E-state index contributed by atoms with van der Waals surface area (Å²) in [7, 11) is 0. The highest BCUT2D eigenvalue weighted by Gasteiger charge is 2.24. The zero-order chi connectivity index (χ0) is 10.9. The third-order valence-corrected chi connectivity index (χ3v) is 2.65. The molecule has 1 aromatic rings. The molecule has 0 radical (unpaired) electrons. The molecule has 1 atom stereocenters. The second-order valence-corrected chi connectivity index (χ2v) is 4.86. The summed E-state index contributed by atoms with van der Waals surface area (Å²) < 4.78 is 13.1. The maximum atomic E-state index is 13.1. The van der Waals surface area contributed by atoms with Gasteiger partial charge >= 0.3 is 0 Å². The van der Waals surface area contributed by atoms with E-state index in [4.69, 9.17) is 17.3 Å². The number of benzene rings is 1. The Bertz CT molecular complexity index is 331. The molecule has 0 spiro atoms. The van der Waals surface area contributed by atoms with E-state index < -0.39 is 5.82 Å². The van der Waals surface area contributed by atoms with E-state index >= 15 is 0 Å². The van der Waals surface area contributed by atoms with Gasteiger partial charge in [0.1, 0.15) is 5.82 Å². The molecule has 0 saturated heterocycles. The van der Waals surface area contributed by atoms with Gasteiger partial charge in [-0.25, -0.2) is 4.39 Å². The molecule has 0 saturated carbocycles. The predicted molar refractivity (Wildman–Crippen MR) is 57.8 cm³/mol. The van der Waals surface area contributed by atoms with E-state index in [9.17, 15) is 4.39 Å². The molecule has 1 nitrogen and oxygen atoms in total. The molecule has 0 aliphatic rings. The first-order valence-corrected chi connectivity index (χ1v) is 4.91. The Hall–Kier alpha value is -0.600. The molecule has 1 rings (SSSR count). The molecule has 1 aromatic carbocycles. The minimum atomic E-state index is -0.413. The minimum absolute atomic E-state index is 0.128. The molecular formula is C11H15ClFN. The molecule has 3 heteroatoms. The van der Waals surface area contributed by atoms with Gasteiger partial charge in [-0.2, -0.15) is 0 Å². The summed E-state index contributed by atoms with van der Waals surface area (Å²) in [5, 5.41) is 0.134. The lowest BCUT2D eigenvalue weighted by Gasteiger charge is -2.28. The van der Waals surface area contributed by atoms with Gasteiger partial charge in [0.2, 0.25) is 0 Å².